The third kappa shape index (κ3) is 3.97. The van der Waals surface area contributed by atoms with E-state index >= 15 is 0 Å². The minimum atomic E-state index is -0.555. The average molecular weight is 362 g/mol. The molecule has 0 saturated carbocycles. The van der Waals surface area contributed by atoms with Gasteiger partial charge in [-0.2, -0.15) is 4.98 Å². The van der Waals surface area contributed by atoms with Crippen LogP contribution in [0.3, 0.4) is 0 Å². The van der Waals surface area contributed by atoms with E-state index in [4.69, 9.17) is 0 Å². The number of nitro groups is 1. The summed E-state index contributed by atoms with van der Waals surface area (Å²) in [5.74, 6) is 0.180. The Kier molecular flexibility index (Phi) is 5.00. The molecular weight excluding hydrogens is 344 g/mol. The van der Waals surface area contributed by atoms with E-state index in [0.29, 0.717) is 21.8 Å². The molecule has 9 nitrogen and oxygen atoms in total. The minimum absolute atomic E-state index is 0.110. The molecule has 1 N–H and O–H groups in total. The molecule has 1 atom stereocenters. The van der Waals surface area contributed by atoms with Gasteiger partial charge >= 0.3 is 5.82 Å². The maximum atomic E-state index is 10.6. The van der Waals surface area contributed by atoms with Gasteiger partial charge in [0.15, 0.2) is 6.20 Å². The first-order valence-corrected chi connectivity index (χ1v) is 8.51. The van der Waals surface area contributed by atoms with E-state index in [9.17, 15) is 15.2 Å². The van der Waals surface area contributed by atoms with Crippen molar-refractivity contribution in [2.45, 2.75) is 22.3 Å². The van der Waals surface area contributed by atoms with Gasteiger partial charge in [0.25, 0.3) is 0 Å². The van der Waals surface area contributed by atoms with Crippen LogP contribution < -0.4 is 4.90 Å². The zero-order valence-electron chi connectivity index (χ0n) is 13.9. The van der Waals surface area contributed by atoms with E-state index in [0.717, 1.165) is 19.5 Å². The predicted molar refractivity (Wildman–Crippen MR) is 93.0 cm³/mol. The molecule has 10 heteroatoms. The summed E-state index contributed by atoms with van der Waals surface area (Å²) in [6.45, 7) is 1.67. The van der Waals surface area contributed by atoms with Crippen LogP contribution in [0, 0.1) is 10.1 Å². The lowest BCUT2D eigenvalue weighted by Crippen LogP contribution is -2.32. The van der Waals surface area contributed by atoms with Crippen LogP contribution in [0.1, 0.15) is 6.42 Å². The van der Waals surface area contributed by atoms with Crippen LogP contribution in [0.5, 0.6) is 5.88 Å². The lowest BCUT2D eigenvalue weighted by molar-refractivity contribution is -0.389. The molecule has 132 valence electrons. The highest BCUT2D eigenvalue weighted by Gasteiger charge is 2.26. The summed E-state index contributed by atoms with van der Waals surface area (Å²) in [4.78, 5) is 27.7. The molecule has 0 bridgehead atoms. The number of anilines is 1. The largest absolute Gasteiger partial charge is 0.492 e. The van der Waals surface area contributed by atoms with Crippen LogP contribution in [0.4, 0.5) is 11.8 Å². The van der Waals surface area contributed by atoms with Crippen molar-refractivity contribution < 1.29 is 10.0 Å². The van der Waals surface area contributed by atoms with E-state index in [1.807, 2.05) is 19.0 Å². The number of pyridine rings is 1. The van der Waals surface area contributed by atoms with Gasteiger partial charge in [-0.1, -0.05) is 11.8 Å². The fourth-order valence-corrected chi connectivity index (χ4v) is 3.33. The van der Waals surface area contributed by atoms with E-state index < -0.39 is 4.92 Å². The number of nitrogens with zero attached hydrogens (tertiary/aromatic N) is 6. The molecule has 0 radical (unpaired) electrons. The topological polar surface area (TPSA) is 109 Å². The maximum Gasteiger partial charge on any atom is 0.363 e. The van der Waals surface area contributed by atoms with Gasteiger partial charge in [-0.3, -0.25) is 0 Å². The Bertz CT molecular complexity index is 770. The second kappa shape index (κ2) is 7.19. The Morgan fingerprint density at radius 3 is 2.72 bits per heavy atom. The van der Waals surface area contributed by atoms with Crippen molar-refractivity contribution in [2.24, 2.45) is 0 Å². The highest BCUT2D eigenvalue weighted by molar-refractivity contribution is 7.99. The second-order valence-electron chi connectivity index (χ2n) is 5.92. The smallest absolute Gasteiger partial charge is 0.363 e. The molecule has 25 heavy (non-hydrogen) atoms. The van der Waals surface area contributed by atoms with Gasteiger partial charge in [-0.05, 0) is 36.5 Å². The van der Waals surface area contributed by atoms with Crippen LogP contribution in [0.2, 0.25) is 0 Å². The number of likely N-dealkylation sites (N-methyl/N-ethyl adjacent to an activating group) is 1. The summed E-state index contributed by atoms with van der Waals surface area (Å²) in [6.07, 6.45) is 3.98. The average Bonchev–Trinajstić information content (AvgIpc) is 3.07. The normalized spacial score (nSPS) is 17.2. The number of rotatable bonds is 5. The lowest BCUT2D eigenvalue weighted by Gasteiger charge is -2.20. The number of aromatic hydroxyl groups is 1. The number of aromatic nitrogens is 3. The predicted octanol–water partition coefficient (Wildman–Crippen LogP) is 1.78. The van der Waals surface area contributed by atoms with Crippen LogP contribution >= 0.6 is 11.8 Å². The van der Waals surface area contributed by atoms with Gasteiger partial charge in [0.1, 0.15) is 0 Å². The van der Waals surface area contributed by atoms with Gasteiger partial charge in [-0.25, -0.2) is 4.98 Å². The van der Waals surface area contributed by atoms with Crippen molar-refractivity contribution in [3.63, 3.8) is 0 Å². The van der Waals surface area contributed by atoms with Crippen LogP contribution in [0.15, 0.2) is 34.3 Å². The monoisotopic (exact) mass is 362 g/mol. The molecular formula is C15H18N6O3S. The van der Waals surface area contributed by atoms with E-state index in [-0.39, 0.29) is 11.7 Å². The Morgan fingerprint density at radius 1 is 1.36 bits per heavy atom. The van der Waals surface area contributed by atoms with Crippen molar-refractivity contribution in [3.05, 3.63) is 34.6 Å². The van der Waals surface area contributed by atoms with Gasteiger partial charge in [0, 0.05) is 25.2 Å². The molecule has 2 aromatic heterocycles. The SMILES string of the molecule is CN(C)C1CCN(c2ncc(Sc3ccc([N+](=O)[O-])nc3)c(O)n2)C1. The maximum absolute atomic E-state index is 10.6. The van der Waals surface area contributed by atoms with Gasteiger partial charge in [0.2, 0.25) is 11.8 Å². The van der Waals surface area contributed by atoms with Gasteiger partial charge < -0.3 is 25.0 Å². The van der Waals surface area contributed by atoms with Crippen molar-refractivity contribution in [1.29, 1.82) is 0 Å². The first kappa shape index (κ1) is 17.4. The summed E-state index contributed by atoms with van der Waals surface area (Å²) >= 11 is 1.20. The third-order valence-corrected chi connectivity index (χ3v) is 5.02. The second-order valence-corrected chi connectivity index (χ2v) is 7.04. The summed E-state index contributed by atoms with van der Waals surface area (Å²) < 4.78 is 0. The molecule has 3 rings (SSSR count). The van der Waals surface area contributed by atoms with Gasteiger partial charge in [-0.15, -0.1) is 0 Å². The van der Waals surface area contributed by atoms with Crippen LogP contribution in [-0.4, -0.2) is 63.1 Å². The zero-order chi connectivity index (χ0) is 18.0. The van der Waals surface area contributed by atoms with E-state index in [2.05, 4.69) is 19.9 Å². The summed E-state index contributed by atoms with van der Waals surface area (Å²) in [7, 11) is 4.09. The third-order valence-electron chi connectivity index (χ3n) is 4.04. The van der Waals surface area contributed by atoms with E-state index in [1.54, 1.807) is 12.3 Å². The molecule has 1 fully saturated rings. The molecule has 0 spiro atoms. The fraction of sp³-hybridized carbons (Fsp3) is 0.400. The number of hydrogen-bond donors (Lipinski definition) is 1. The first-order valence-electron chi connectivity index (χ1n) is 7.69. The summed E-state index contributed by atoms with van der Waals surface area (Å²) in [5.41, 5.74) is 0. The molecule has 0 amide bonds. The number of hydrogen-bond acceptors (Lipinski definition) is 9. The molecule has 0 aliphatic carbocycles. The Hall–Kier alpha value is -2.46. The molecule has 1 saturated heterocycles. The first-order chi connectivity index (χ1) is 11.9. The standard InChI is InChI=1S/C15H18N6O3S/c1-19(2)10-5-6-20(9-10)15-17-8-12(14(22)18-15)25-11-3-4-13(16-7-11)21(23)24/h3-4,7-8,10H,5-6,9H2,1-2H3,(H,17,18,22). The Morgan fingerprint density at radius 2 is 2.16 bits per heavy atom. The molecule has 2 aromatic rings. The molecule has 1 unspecified atom stereocenters. The van der Waals surface area contributed by atoms with E-state index in [1.165, 1.54) is 24.0 Å². The highest BCUT2D eigenvalue weighted by Crippen LogP contribution is 2.34. The molecule has 1 aliphatic heterocycles. The van der Waals surface area contributed by atoms with Crippen molar-refractivity contribution in [3.8, 4) is 5.88 Å². The van der Waals surface area contributed by atoms with Crippen molar-refractivity contribution in [1.82, 2.24) is 19.9 Å². The Labute approximate surface area is 148 Å². The fourth-order valence-electron chi connectivity index (χ4n) is 2.59. The van der Waals surface area contributed by atoms with Crippen molar-refractivity contribution in [2.75, 3.05) is 32.1 Å². The Balaban J connectivity index is 1.71. The van der Waals surface area contributed by atoms with Crippen molar-refractivity contribution >= 4 is 23.5 Å². The van der Waals surface area contributed by atoms with Gasteiger partial charge in [0.05, 0.1) is 16.0 Å². The molecule has 1 aliphatic rings. The quantitative estimate of drug-likeness (QED) is 0.628. The summed E-state index contributed by atoms with van der Waals surface area (Å²) in [6, 6.07) is 3.34. The lowest BCUT2D eigenvalue weighted by atomic mass is 10.2. The highest BCUT2D eigenvalue weighted by atomic mass is 32.2. The van der Waals surface area contributed by atoms with Crippen LogP contribution in [0.25, 0.3) is 0 Å². The summed E-state index contributed by atoms with van der Waals surface area (Å²) in [5, 5.41) is 20.8. The zero-order valence-corrected chi connectivity index (χ0v) is 14.7. The van der Waals surface area contributed by atoms with Crippen LogP contribution in [-0.2, 0) is 0 Å². The molecule has 0 aromatic carbocycles. The molecule has 3 heterocycles. The minimum Gasteiger partial charge on any atom is -0.492 e.